The topological polar surface area (TPSA) is 23.5 Å². The molecule has 2 aliphatic rings. The molecule has 3 atom stereocenters. The third-order valence-corrected chi connectivity index (χ3v) is 5.55. The van der Waals surface area contributed by atoms with Gasteiger partial charge in [-0.15, -0.1) is 0 Å². The van der Waals surface area contributed by atoms with E-state index in [1.54, 1.807) is 0 Å². The van der Waals surface area contributed by atoms with Crippen molar-refractivity contribution in [2.24, 2.45) is 5.92 Å². The molecule has 116 valence electrons. The summed E-state index contributed by atoms with van der Waals surface area (Å²) in [5, 5.41) is 10.7. The van der Waals surface area contributed by atoms with E-state index in [1.165, 1.54) is 56.2 Å². The van der Waals surface area contributed by atoms with E-state index in [0.717, 1.165) is 24.1 Å². The molecule has 1 heterocycles. The van der Waals surface area contributed by atoms with Crippen molar-refractivity contribution in [3.8, 4) is 0 Å². The average Bonchev–Trinajstić information content (AvgIpc) is 2.47. The van der Waals surface area contributed by atoms with E-state index in [1.807, 2.05) is 0 Å². The molecule has 0 spiro atoms. The molecular weight excluding hydrogens is 258 g/mol. The molecule has 0 bridgehead atoms. The Balaban J connectivity index is 1.69. The van der Waals surface area contributed by atoms with Crippen LogP contribution in [0.1, 0.15) is 61.3 Å². The number of aliphatic hydroxyl groups excluding tert-OH is 1. The van der Waals surface area contributed by atoms with Crippen molar-refractivity contribution < 1.29 is 5.11 Å². The van der Waals surface area contributed by atoms with E-state index in [4.69, 9.17) is 0 Å². The summed E-state index contributed by atoms with van der Waals surface area (Å²) < 4.78 is 0. The van der Waals surface area contributed by atoms with Gasteiger partial charge in [0.05, 0.1) is 6.10 Å². The minimum Gasteiger partial charge on any atom is -0.387 e. The van der Waals surface area contributed by atoms with Crippen molar-refractivity contribution in [1.29, 1.82) is 0 Å². The molecule has 1 aliphatic carbocycles. The van der Waals surface area contributed by atoms with Crippen LogP contribution in [0.15, 0.2) is 18.2 Å². The van der Waals surface area contributed by atoms with Crippen molar-refractivity contribution in [3.05, 3.63) is 34.9 Å². The highest BCUT2D eigenvalue weighted by molar-refractivity contribution is 5.32. The molecule has 1 N–H and O–H groups in total. The Hall–Kier alpha value is -0.860. The Morgan fingerprint density at radius 1 is 1.14 bits per heavy atom. The van der Waals surface area contributed by atoms with Crippen LogP contribution in [-0.4, -0.2) is 29.1 Å². The number of nitrogens with zero attached hydrogens (tertiary/aromatic N) is 1. The highest BCUT2D eigenvalue weighted by Crippen LogP contribution is 2.36. The van der Waals surface area contributed by atoms with Gasteiger partial charge in [0.2, 0.25) is 0 Å². The van der Waals surface area contributed by atoms with Crippen molar-refractivity contribution >= 4 is 0 Å². The molecule has 21 heavy (non-hydrogen) atoms. The molecule has 1 saturated heterocycles. The quantitative estimate of drug-likeness (QED) is 0.908. The second kappa shape index (κ2) is 6.50. The predicted molar refractivity (Wildman–Crippen MR) is 87.4 cm³/mol. The number of hydrogen-bond donors (Lipinski definition) is 1. The summed E-state index contributed by atoms with van der Waals surface area (Å²) in [5.41, 5.74) is 3.60. The number of β-amino-alcohol motifs (C(OH)–C–C–N with tert-alkyl or cyclic N) is 1. The minimum absolute atomic E-state index is 0.341. The fraction of sp³-hybridized carbons (Fsp3) is 0.684. The summed E-state index contributed by atoms with van der Waals surface area (Å²) in [6, 6.07) is 7.13. The van der Waals surface area contributed by atoms with Gasteiger partial charge in [-0.05, 0) is 63.1 Å². The number of benzene rings is 1. The Bertz CT molecular complexity index is 482. The molecule has 1 aliphatic heterocycles. The highest BCUT2D eigenvalue weighted by atomic mass is 16.3. The summed E-state index contributed by atoms with van der Waals surface area (Å²) in [7, 11) is 0. The lowest BCUT2D eigenvalue weighted by atomic mass is 9.78. The maximum absolute atomic E-state index is 10.7. The van der Waals surface area contributed by atoms with Crippen LogP contribution in [0.2, 0.25) is 0 Å². The smallest absolute Gasteiger partial charge is 0.0919 e. The minimum atomic E-state index is -0.341. The zero-order valence-corrected chi connectivity index (χ0v) is 13.5. The first-order chi connectivity index (χ1) is 10.1. The predicted octanol–water partition coefficient (Wildman–Crippen LogP) is 3.99. The molecule has 0 amide bonds. The lowest BCUT2D eigenvalue weighted by molar-refractivity contribution is 0.0203. The Kier molecular flexibility index (Phi) is 4.66. The Morgan fingerprint density at radius 3 is 2.71 bits per heavy atom. The lowest BCUT2D eigenvalue weighted by Crippen LogP contribution is -2.48. The van der Waals surface area contributed by atoms with Crippen LogP contribution in [0, 0.1) is 19.8 Å². The average molecular weight is 287 g/mol. The molecule has 2 heteroatoms. The van der Waals surface area contributed by atoms with Gasteiger partial charge >= 0.3 is 0 Å². The van der Waals surface area contributed by atoms with Gasteiger partial charge in [-0.25, -0.2) is 0 Å². The molecule has 3 unspecified atom stereocenters. The van der Waals surface area contributed by atoms with Crippen LogP contribution in [-0.2, 0) is 0 Å². The van der Waals surface area contributed by atoms with Crippen LogP contribution in [0.3, 0.4) is 0 Å². The van der Waals surface area contributed by atoms with E-state index in [9.17, 15) is 5.11 Å². The molecule has 2 nitrogen and oxygen atoms in total. The van der Waals surface area contributed by atoms with Crippen LogP contribution in [0.5, 0.6) is 0 Å². The fourth-order valence-electron chi connectivity index (χ4n) is 4.47. The molecule has 1 aromatic rings. The number of rotatable bonds is 3. The molecule has 0 radical (unpaired) electrons. The standard InChI is InChI=1S/C19H29NO/c1-14-9-10-17(15(2)12-14)19(21)13-20-11-5-7-16-6-3-4-8-18(16)20/h9-10,12,16,18-19,21H,3-8,11,13H2,1-2H3. The van der Waals surface area contributed by atoms with E-state index in [-0.39, 0.29) is 6.10 Å². The summed E-state index contributed by atoms with van der Waals surface area (Å²) in [6.07, 6.45) is 7.89. The molecule has 1 saturated carbocycles. The first-order valence-electron chi connectivity index (χ1n) is 8.64. The largest absolute Gasteiger partial charge is 0.387 e. The molecule has 1 aromatic carbocycles. The van der Waals surface area contributed by atoms with Crippen LogP contribution in [0.25, 0.3) is 0 Å². The van der Waals surface area contributed by atoms with Gasteiger partial charge in [0.1, 0.15) is 0 Å². The third kappa shape index (κ3) is 3.32. The normalized spacial score (nSPS) is 28.1. The molecule has 2 fully saturated rings. The first-order valence-corrected chi connectivity index (χ1v) is 8.64. The van der Waals surface area contributed by atoms with Crippen molar-refractivity contribution in [1.82, 2.24) is 4.90 Å². The summed E-state index contributed by atoms with van der Waals surface area (Å²) >= 11 is 0. The molecule has 3 rings (SSSR count). The lowest BCUT2D eigenvalue weighted by Gasteiger charge is -2.45. The van der Waals surface area contributed by atoms with Crippen LogP contribution < -0.4 is 0 Å². The number of piperidine rings is 1. The van der Waals surface area contributed by atoms with Gasteiger partial charge < -0.3 is 5.11 Å². The van der Waals surface area contributed by atoms with Gasteiger partial charge in [-0.1, -0.05) is 36.6 Å². The van der Waals surface area contributed by atoms with E-state index < -0.39 is 0 Å². The molecular formula is C19H29NO. The number of likely N-dealkylation sites (tertiary alicyclic amines) is 1. The van der Waals surface area contributed by atoms with E-state index in [0.29, 0.717) is 0 Å². The number of aliphatic hydroxyl groups is 1. The maximum Gasteiger partial charge on any atom is 0.0919 e. The number of fused-ring (bicyclic) bond motifs is 1. The first kappa shape index (κ1) is 15.1. The summed E-state index contributed by atoms with van der Waals surface area (Å²) in [6.45, 7) is 6.21. The second-order valence-electron chi connectivity index (χ2n) is 7.12. The zero-order chi connectivity index (χ0) is 14.8. The monoisotopic (exact) mass is 287 g/mol. The fourth-order valence-corrected chi connectivity index (χ4v) is 4.47. The Morgan fingerprint density at radius 2 is 1.90 bits per heavy atom. The van der Waals surface area contributed by atoms with Crippen molar-refractivity contribution in [3.63, 3.8) is 0 Å². The van der Waals surface area contributed by atoms with Gasteiger partial charge in [-0.2, -0.15) is 0 Å². The van der Waals surface area contributed by atoms with Gasteiger partial charge in [0, 0.05) is 12.6 Å². The van der Waals surface area contributed by atoms with E-state index >= 15 is 0 Å². The van der Waals surface area contributed by atoms with Gasteiger partial charge in [0.15, 0.2) is 0 Å². The van der Waals surface area contributed by atoms with Crippen LogP contribution in [0.4, 0.5) is 0 Å². The maximum atomic E-state index is 10.7. The summed E-state index contributed by atoms with van der Waals surface area (Å²) in [4.78, 5) is 2.58. The van der Waals surface area contributed by atoms with Crippen molar-refractivity contribution in [2.75, 3.05) is 13.1 Å². The second-order valence-corrected chi connectivity index (χ2v) is 7.12. The Labute approximate surface area is 129 Å². The summed E-state index contributed by atoms with van der Waals surface area (Å²) in [5.74, 6) is 0.888. The zero-order valence-electron chi connectivity index (χ0n) is 13.5. The molecule has 0 aromatic heterocycles. The number of hydrogen-bond acceptors (Lipinski definition) is 2. The number of aryl methyl sites for hydroxylation is 2. The highest BCUT2D eigenvalue weighted by Gasteiger charge is 2.34. The SMILES string of the molecule is Cc1ccc(C(O)CN2CCCC3CCCCC32)c(C)c1. The van der Waals surface area contributed by atoms with Crippen LogP contribution >= 0.6 is 0 Å². The van der Waals surface area contributed by atoms with E-state index in [2.05, 4.69) is 36.9 Å². The van der Waals surface area contributed by atoms with Gasteiger partial charge in [-0.3, -0.25) is 4.90 Å². The van der Waals surface area contributed by atoms with Gasteiger partial charge in [0.25, 0.3) is 0 Å². The third-order valence-electron chi connectivity index (χ3n) is 5.55. The van der Waals surface area contributed by atoms with Crippen molar-refractivity contribution in [2.45, 2.75) is 64.5 Å².